The predicted octanol–water partition coefficient (Wildman–Crippen LogP) is -1.77. The number of aromatic amines is 1. The van der Waals surface area contributed by atoms with Crippen molar-refractivity contribution in [1.82, 2.24) is 9.55 Å². The van der Waals surface area contributed by atoms with Gasteiger partial charge in [0, 0.05) is 23.1 Å². The third-order valence-corrected chi connectivity index (χ3v) is 7.54. The van der Waals surface area contributed by atoms with Crippen molar-refractivity contribution in [3.05, 3.63) is 43.0 Å². The minimum Gasteiger partial charge on any atom is -0.756 e. The van der Waals surface area contributed by atoms with E-state index in [0.717, 1.165) is 4.57 Å². The second-order valence-electron chi connectivity index (χ2n) is 6.23. The molecule has 0 amide bonds. The third kappa shape index (κ3) is 8.55. The average molecular weight is 534 g/mol. The van der Waals surface area contributed by atoms with Crippen molar-refractivity contribution < 1.29 is 55.9 Å². The lowest BCUT2D eigenvalue weighted by atomic mass is 10.2. The molecule has 1 aromatic rings. The second-order valence-corrected chi connectivity index (χ2v) is 10.5. The number of hydrogen-bond acceptors (Lipinski definition) is 14. The van der Waals surface area contributed by atoms with E-state index >= 15 is 0 Å². The highest BCUT2D eigenvalue weighted by atomic mass is 31.3. The molecule has 0 saturated carbocycles. The molecule has 0 aliphatic carbocycles. The molecule has 1 fully saturated rings. The molecular formula is C11H15N5O14P3-3. The van der Waals surface area contributed by atoms with E-state index in [0.29, 0.717) is 0 Å². The van der Waals surface area contributed by atoms with E-state index in [-0.39, 0.29) is 12.0 Å². The molecule has 1 aliphatic heterocycles. The van der Waals surface area contributed by atoms with Crippen LogP contribution in [0.1, 0.15) is 18.2 Å². The monoisotopic (exact) mass is 534 g/mol. The lowest BCUT2D eigenvalue weighted by Gasteiger charge is -2.33. The van der Waals surface area contributed by atoms with E-state index < -0.39 is 66.5 Å². The molecule has 1 aromatic heterocycles. The fourth-order valence-corrected chi connectivity index (χ4v) is 5.50. The van der Waals surface area contributed by atoms with E-state index in [4.69, 9.17) is 19.9 Å². The number of hydrogen-bond donors (Lipinski definition) is 2. The number of azide groups is 1. The van der Waals surface area contributed by atoms with Gasteiger partial charge in [0.05, 0.1) is 12.7 Å². The van der Waals surface area contributed by atoms with Crippen molar-refractivity contribution in [2.45, 2.75) is 31.8 Å². The summed E-state index contributed by atoms with van der Waals surface area (Å²) in [5.41, 5.74) is 6.98. The largest absolute Gasteiger partial charge is 0.756 e. The van der Waals surface area contributed by atoms with E-state index in [1.165, 1.54) is 13.1 Å². The van der Waals surface area contributed by atoms with Gasteiger partial charge in [0.25, 0.3) is 29.0 Å². The lowest BCUT2D eigenvalue weighted by molar-refractivity contribution is -0.250. The first-order valence-electron chi connectivity index (χ1n) is 8.45. The Labute approximate surface area is 182 Å². The van der Waals surface area contributed by atoms with Crippen LogP contribution < -0.4 is 25.9 Å². The van der Waals surface area contributed by atoms with Crippen LogP contribution in [0.3, 0.4) is 0 Å². The normalized spacial score (nSPS) is 26.0. The quantitative estimate of drug-likeness (QED) is 0.137. The Kier molecular flexibility index (Phi) is 8.95. The Morgan fingerprint density at radius 3 is 2.58 bits per heavy atom. The standard InChI is InChI=1S/C11H18N5O14P3/c1-6-3-16(11(18)14-10(6)17)9-2-7(26-5-13-15-12)8(28-9)4-27-32(22,23)30-33(24,25)29-31(19,20)21/h3,7-9H,2,4-5H2,1H3,(H,22,23)(H,24,25)(H,14,17,18)(H2,19,20,21)/p-3/t7?,8-,9-/m1/s1. The first kappa shape index (κ1) is 27.6. The van der Waals surface area contributed by atoms with Gasteiger partial charge >= 0.3 is 5.69 Å². The Morgan fingerprint density at radius 1 is 1.30 bits per heavy atom. The maximum Gasteiger partial charge on any atom is 0.330 e. The Hall–Kier alpha value is -1.68. The number of nitrogens with zero attached hydrogens (tertiary/aromatic N) is 4. The molecule has 0 radical (unpaired) electrons. The molecule has 4 unspecified atom stereocenters. The van der Waals surface area contributed by atoms with Crippen LogP contribution in [0, 0.1) is 6.92 Å². The van der Waals surface area contributed by atoms with Crippen LogP contribution in [0.2, 0.25) is 0 Å². The van der Waals surface area contributed by atoms with Gasteiger partial charge in [-0.1, -0.05) is 5.11 Å². The van der Waals surface area contributed by atoms with Gasteiger partial charge in [-0.2, -0.15) is 0 Å². The van der Waals surface area contributed by atoms with Gasteiger partial charge in [-0.05, 0) is 12.5 Å². The number of H-pyrrole nitrogens is 1. The zero-order valence-corrected chi connectivity index (χ0v) is 19.0. The third-order valence-electron chi connectivity index (χ3n) is 3.85. The summed E-state index contributed by atoms with van der Waals surface area (Å²) < 4.78 is 56.2. The van der Waals surface area contributed by atoms with Gasteiger partial charge in [-0.15, -0.1) is 0 Å². The highest BCUT2D eigenvalue weighted by Crippen LogP contribution is 2.61. The average Bonchev–Trinajstić information content (AvgIpc) is 3.03. The van der Waals surface area contributed by atoms with E-state index in [9.17, 15) is 38.0 Å². The molecule has 186 valence electrons. The molecule has 6 atom stereocenters. The van der Waals surface area contributed by atoms with Gasteiger partial charge in [-0.3, -0.25) is 28.0 Å². The number of rotatable bonds is 11. The number of nitrogens with one attached hydrogen (secondary N) is 1. The van der Waals surface area contributed by atoms with Crippen molar-refractivity contribution in [3.8, 4) is 0 Å². The van der Waals surface area contributed by atoms with Crippen LogP contribution in [0.4, 0.5) is 0 Å². The van der Waals surface area contributed by atoms with Crippen LogP contribution in [-0.4, -0.2) is 40.0 Å². The van der Waals surface area contributed by atoms with Crippen molar-refractivity contribution in [2.24, 2.45) is 5.11 Å². The lowest BCUT2D eigenvalue weighted by Crippen LogP contribution is -2.33. The summed E-state index contributed by atoms with van der Waals surface area (Å²) >= 11 is 0. The molecule has 0 spiro atoms. The molecule has 0 bridgehead atoms. The van der Waals surface area contributed by atoms with E-state index in [1.54, 1.807) is 0 Å². The number of ether oxygens (including phenoxy) is 2. The number of phosphoric ester groups is 1. The molecular weight excluding hydrogens is 519 g/mol. The maximum atomic E-state index is 12.1. The number of phosphoric acid groups is 3. The van der Waals surface area contributed by atoms with Gasteiger partial charge in [0.2, 0.25) is 0 Å². The van der Waals surface area contributed by atoms with Crippen LogP contribution in [0.25, 0.3) is 10.4 Å². The van der Waals surface area contributed by atoms with Crippen molar-refractivity contribution in [3.63, 3.8) is 0 Å². The predicted molar refractivity (Wildman–Crippen MR) is 96.6 cm³/mol. The molecule has 2 heterocycles. The molecule has 33 heavy (non-hydrogen) atoms. The molecule has 2 rings (SSSR count). The van der Waals surface area contributed by atoms with Gasteiger partial charge in [-0.25, -0.2) is 13.4 Å². The summed E-state index contributed by atoms with van der Waals surface area (Å²) in [6, 6.07) is 0. The summed E-state index contributed by atoms with van der Waals surface area (Å²) in [4.78, 5) is 69.9. The Morgan fingerprint density at radius 2 is 1.97 bits per heavy atom. The second kappa shape index (κ2) is 10.7. The van der Waals surface area contributed by atoms with Gasteiger partial charge in [0.1, 0.15) is 19.1 Å². The Bertz CT molecular complexity index is 1170. The van der Waals surface area contributed by atoms with E-state index in [1.807, 2.05) is 4.98 Å². The van der Waals surface area contributed by atoms with Gasteiger partial charge in [0.15, 0.2) is 0 Å². The van der Waals surface area contributed by atoms with Gasteiger partial charge < -0.3 is 33.6 Å². The Balaban J connectivity index is 2.16. The highest BCUT2D eigenvalue weighted by Gasteiger charge is 2.39. The first-order valence-corrected chi connectivity index (χ1v) is 12.9. The smallest absolute Gasteiger partial charge is 0.330 e. The SMILES string of the molecule is Cc1cn([C@H]2CC(OCN=[N+]=[N-])[C@@H](COP(=O)([O-])OP(=O)([O-])OP(=O)([O-])O)O2)c(=O)[nH]c1=O. The van der Waals surface area contributed by atoms with Crippen molar-refractivity contribution in [2.75, 3.05) is 13.3 Å². The summed E-state index contributed by atoms with van der Waals surface area (Å²) in [6.45, 7) is -0.0947. The van der Waals surface area contributed by atoms with Crippen LogP contribution in [-0.2, 0) is 36.3 Å². The van der Waals surface area contributed by atoms with Crippen LogP contribution in [0.5, 0.6) is 0 Å². The molecule has 2 N–H and O–H groups in total. The molecule has 22 heteroatoms. The molecule has 1 aliphatic rings. The van der Waals surface area contributed by atoms with Crippen LogP contribution >= 0.6 is 23.5 Å². The fraction of sp³-hybridized carbons (Fsp3) is 0.636. The number of aromatic nitrogens is 2. The fourth-order valence-electron chi connectivity index (χ4n) is 2.60. The molecule has 19 nitrogen and oxygen atoms in total. The maximum absolute atomic E-state index is 12.1. The van der Waals surface area contributed by atoms with Crippen LogP contribution in [0.15, 0.2) is 20.9 Å². The summed E-state index contributed by atoms with van der Waals surface area (Å²) in [5.74, 6) is 0. The molecule has 0 aromatic carbocycles. The zero-order valence-electron chi connectivity index (χ0n) is 16.3. The van der Waals surface area contributed by atoms with Crippen molar-refractivity contribution in [1.29, 1.82) is 0 Å². The summed E-state index contributed by atoms with van der Waals surface area (Å²) in [7, 11) is -17.8. The zero-order chi connectivity index (χ0) is 25.0. The molecule has 1 saturated heterocycles. The summed E-state index contributed by atoms with van der Waals surface area (Å²) in [5, 5.41) is 3.13. The minimum atomic E-state index is -6.09. The summed E-state index contributed by atoms with van der Waals surface area (Å²) in [6.07, 6.45) is -2.45. The number of aryl methyl sites for hydroxylation is 1. The van der Waals surface area contributed by atoms with E-state index in [2.05, 4.69) is 23.2 Å². The topological polar surface area (TPSA) is 290 Å². The first-order chi connectivity index (χ1) is 15.1. The minimum absolute atomic E-state index is 0.128. The van der Waals surface area contributed by atoms with Crippen molar-refractivity contribution >= 4 is 23.5 Å². The highest BCUT2D eigenvalue weighted by molar-refractivity contribution is 7.65.